The Hall–Kier alpha value is -2.98. The molecule has 4 heteroatoms. The summed E-state index contributed by atoms with van der Waals surface area (Å²) in [7, 11) is 0. The van der Waals surface area contributed by atoms with Gasteiger partial charge in [0.15, 0.2) is 0 Å². The van der Waals surface area contributed by atoms with E-state index >= 15 is 0 Å². The molecular formula is C16H10N2O2. The van der Waals surface area contributed by atoms with Gasteiger partial charge in [0.25, 0.3) is 0 Å². The van der Waals surface area contributed by atoms with E-state index in [9.17, 15) is 0 Å². The van der Waals surface area contributed by atoms with E-state index in [1.165, 1.54) is 0 Å². The number of fused-ring (bicyclic) bond motifs is 3. The second-order valence-electron chi connectivity index (χ2n) is 4.34. The van der Waals surface area contributed by atoms with Crippen LogP contribution in [0.2, 0.25) is 0 Å². The first kappa shape index (κ1) is 12.1. The molecular weight excluding hydrogens is 252 g/mol. The zero-order valence-corrected chi connectivity index (χ0v) is 10.6. The van der Waals surface area contributed by atoms with E-state index in [2.05, 4.69) is 12.1 Å². The molecule has 3 rings (SSSR count). The molecule has 20 heavy (non-hydrogen) atoms. The fourth-order valence-corrected chi connectivity index (χ4v) is 2.17. The number of ether oxygens (including phenoxy) is 2. The van der Waals surface area contributed by atoms with E-state index in [0.29, 0.717) is 35.8 Å². The van der Waals surface area contributed by atoms with Gasteiger partial charge in [-0.3, -0.25) is 0 Å². The minimum absolute atomic E-state index is 0.443. The minimum Gasteiger partial charge on any atom is -0.489 e. The van der Waals surface area contributed by atoms with Crippen LogP contribution in [0.25, 0.3) is 11.1 Å². The molecule has 0 saturated heterocycles. The highest BCUT2D eigenvalue weighted by Crippen LogP contribution is 2.38. The zero-order chi connectivity index (χ0) is 13.9. The van der Waals surface area contributed by atoms with Gasteiger partial charge in [-0.1, -0.05) is 0 Å². The maximum atomic E-state index is 9.04. The average molecular weight is 262 g/mol. The van der Waals surface area contributed by atoms with Gasteiger partial charge in [-0.25, -0.2) is 0 Å². The van der Waals surface area contributed by atoms with Crippen LogP contribution < -0.4 is 9.47 Å². The Kier molecular flexibility index (Phi) is 2.99. The molecule has 0 spiro atoms. The van der Waals surface area contributed by atoms with Gasteiger partial charge in [-0.15, -0.1) is 0 Å². The molecule has 0 amide bonds. The number of hydrogen-bond donors (Lipinski definition) is 0. The van der Waals surface area contributed by atoms with Crippen molar-refractivity contribution in [2.75, 3.05) is 13.2 Å². The fraction of sp³-hybridized carbons (Fsp3) is 0.125. The van der Waals surface area contributed by atoms with Gasteiger partial charge in [-0.2, -0.15) is 10.5 Å². The first-order chi connectivity index (χ1) is 9.81. The summed E-state index contributed by atoms with van der Waals surface area (Å²) in [5, 5.41) is 18.1. The molecule has 0 atom stereocenters. The van der Waals surface area contributed by atoms with Crippen LogP contribution in [0.15, 0.2) is 36.4 Å². The topological polar surface area (TPSA) is 66.0 Å². The van der Waals surface area contributed by atoms with Gasteiger partial charge >= 0.3 is 0 Å². The highest BCUT2D eigenvalue weighted by molar-refractivity contribution is 5.78. The van der Waals surface area contributed by atoms with Gasteiger partial charge in [-0.05, 0) is 36.4 Å². The summed E-state index contributed by atoms with van der Waals surface area (Å²) in [5.74, 6) is 1.40. The zero-order valence-electron chi connectivity index (χ0n) is 10.6. The van der Waals surface area contributed by atoms with Crippen LogP contribution in [-0.2, 0) is 0 Å². The smallest absolute Gasteiger partial charge is 0.127 e. The second kappa shape index (κ2) is 4.95. The summed E-state index contributed by atoms with van der Waals surface area (Å²) in [5.41, 5.74) is 2.63. The van der Waals surface area contributed by atoms with Crippen LogP contribution in [-0.4, -0.2) is 13.2 Å². The lowest BCUT2D eigenvalue weighted by molar-refractivity contribution is 0.214. The molecule has 4 nitrogen and oxygen atoms in total. The van der Waals surface area contributed by atoms with E-state index in [1.807, 2.05) is 0 Å². The van der Waals surface area contributed by atoms with Crippen LogP contribution >= 0.6 is 0 Å². The highest BCUT2D eigenvalue weighted by Gasteiger charge is 2.16. The van der Waals surface area contributed by atoms with Crippen molar-refractivity contribution in [3.8, 4) is 34.8 Å². The number of hydrogen-bond acceptors (Lipinski definition) is 4. The Morgan fingerprint density at radius 3 is 1.60 bits per heavy atom. The van der Waals surface area contributed by atoms with Gasteiger partial charge in [0.1, 0.15) is 24.7 Å². The molecule has 2 aromatic carbocycles. The third-order valence-corrected chi connectivity index (χ3v) is 3.11. The normalized spacial score (nSPS) is 12.3. The van der Waals surface area contributed by atoms with Crippen LogP contribution in [0.3, 0.4) is 0 Å². The largest absolute Gasteiger partial charge is 0.489 e. The third-order valence-electron chi connectivity index (χ3n) is 3.11. The van der Waals surface area contributed by atoms with Crippen molar-refractivity contribution in [3.63, 3.8) is 0 Å². The second-order valence-corrected chi connectivity index (χ2v) is 4.34. The highest BCUT2D eigenvalue weighted by atomic mass is 16.5. The monoisotopic (exact) mass is 262 g/mol. The standard InChI is InChI=1S/C16H10N2O2/c17-9-11-1-3-15-13(7-11)14-8-12(10-18)2-4-16(14)20-6-5-19-15/h1-4,7-8H,5-6H2. The van der Waals surface area contributed by atoms with E-state index in [1.54, 1.807) is 36.4 Å². The molecule has 1 aliphatic heterocycles. The molecule has 0 bridgehead atoms. The van der Waals surface area contributed by atoms with E-state index in [0.717, 1.165) is 11.1 Å². The van der Waals surface area contributed by atoms with Gasteiger partial charge in [0.2, 0.25) is 0 Å². The van der Waals surface area contributed by atoms with Crippen LogP contribution in [0.4, 0.5) is 0 Å². The molecule has 0 radical (unpaired) electrons. The Morgan fingerprint density at radius 2 is 1.20 bits per heavy atom. The predicted molar refractivity (Wildman–Crippen MR) is 72.3 cm³/mol. The molecule has 0 saturated carbocycles. The van der Waals surface area contributed by atoms with E-state index < -0.39 is 0 Å². The molecule has 0 aromatic heterocycles. The van der Waals surface area contributed by atoms with Crippen molar-refractivity contribution in [3.05, 3.63) is 47.5 Å². The lowest BCUT2D eigenvalue weighted by Crippen LogP contribution is -2.12. The molecule has 1 aliphatic rings. The lowest BCUT2D eigenvalue weighted by Gasteiger charge is -2.19. The number of benzene rings is 2. The molecule has 0 N–H and O–H groups in total. The molecule has 0 unspecified atom stereocenters. The lowest BCUT2D eigenvalue weighted by atomic mass is 9.99. The Labute approximate surface area is 116 Å². The summed E-state index contributed by atoms with van der Waals surface area (Å²) in [6.07, 6.45) is 0. The maximum absolute atomic E-state index is 9.04. The van der Waals surface area contributed by atoms with Crippen molar-refractivity contribution >= 4 is 0 Å². The Morgan fingerprint density at radius 1 is 0.750 bits per heavy atom. The van der Waals surface area contributed by atoms with Crippen LogP contribution in [0.5, 0.6) is 11.5 Å². The number of rotatable bonds is 0. The molecule has 96 valence electrons. The molecule has 1 heterocycles. The first-order valence-corrected chi connectivity index (χ1v) is 6.16. The van der Waals surface area contributed by atoms with Crippen molar-refractivity contribution in [1.29, 1.82) is 10.5 Å². The van der Waals surface area contributed by atoms with Crippen molar-refractivity contribution < 1.29 is 9.47 Å². The summed E-state index contributed by atoms with van der Waals surface area (Å²) in [6, 6.07) is 14.7. The van der Waals surface area contributed by atoms with Crippen molar-refractivity contribution in [2.24, 2.45) is 0 Å². The minimum atomic E-state index is 0.443. The van der Waals surface area contributed by atoms with Gasteiger partial charge in [0.05, 0.1) is 23.3 Å². The summed E-state index contributed by atoms with van der Waals surface area (Å²) in [6.45, 7) is 0.886. The van der Waals surface area contributed by atoms with E-state index in [-0.39, 0.29) is 0 Å². The van der Waals surface area contributed by atoms with Crippen LogP contribution in [0, 0.1) is 22.7 Å². The number of nitriles is 2. The average Bonchev–Trinajstić information content (AvgIpc) is 2.49. The van der Waals surface area contributed by atoms with Crippen molar-refractivity contribution in [2.45, 2.75) is 0 Å². The molecule has 2 aromatic rings. The quantitative estimate of drug-likeness (QED) is 0.732. The fourth-order valence-electron chi connectivity index (χ4n) is 2.17. The SMILES string of the molecule is N#Cc1ccc2c(c1)-c1cc(C#N)ccc1OCCO2. The third kappa shape index (κ3) is 2.04. The molecule has 0 aliphatic carbocycles. The predicted octanol–water partition coefficient (Wildman–Crippen LogP) is 2.87. The van der Waals surface area contributed by atoms with Crippen molar-refractivity contribution in [1.82, 2.24) is 0 Å². The Balaban J connectivity index is 2.27. The van der Waals surface area contributed by atoms with Gasteiger partial charge in [0, 0.05) is 11.1 Å². The Bertz CT molecular complexity index is 689. The first-order valence-electron chi connectivity index (χ1n) is 6.16. The maximum Gasteiger partial charge on any atom is 0.127 e. The summed E-state index contributed by atoms with van der Waals surface area (Å²) < 4.78 is 11.3. The van der Waals surface area contributed by atoms with Gasteiger partial charge < -0.3 is 9.47 Å². The van der Waals surface area contributed by atoms with E-state index in [4.69, 9.17) is 20.0 Å². The molecule has 0 fully saturated rings. The number of nitrogens with zero attached hydrogens (tertiary/aromatic N) is 2. The summed E-state index contributed by atoms with van der Waals surface area (Å²) in [4.78, 5) is 0. The summed E-state index contributed by atoms with van der Waals surface area (Å²) >= 11 is 0. The van der Waals surface area contributed by atoms with Crippen LogP contribution in [0.1, 0.15) is 11.1 Å².